The molecule has 1 aromatic rings. The van der Waals surface area contributed by atoms with Crippen LogP contribution in [-0.4, -0.2) is 48.0 Å². The van der Waals surface area contributed by atoms with Gasteiger partial charge in [0.1, 0.15) is 0 Å². The lowest BCUT2D eigenvalue weighted by atomic mass is 10.2. The molecule has 1 aliphatic rings. The van der Waals surface area contributed by atoms with Crippen molar-refractivity contribution in [1.29, 1.82) is 0 Å². The van der Waals surface area contributed by atoms with Crippen LogP contribution in [0.25, 0.3) is 0 Å². The molecule has 0 radical (unpaired) electrons. The molecule has 1 amide bonds. The second kappa shape index (κ2) is 6.45. The molecule has 1 fully saturated rings. The van der Waals surface area contributed by atoms with Crippen molar-refractivity contribution in [1.82, 2.24) is 15.2 Å². The Morgan fingerprint density at radius 2 is 2.47 bits per heavy atom. The van der Waals surface area contributed by atoms with Gasteiger partial charge >= 0.3 is 0 Å². The molecule has 1 atom stereocenters. The van der Waals surface area contributed by atoms with Gasteiger partial charge in [0.2, 0.25) is 5.91 Å². The number of aromatic nitrogens is 1. The lowest BCUT2D eigenvalue weighted by Gasteiger charge is -2.33. The largest absolute Gasteiger partial charge is 0.314 e. The molecule has 5 nitrogen and oxygen atoms in total. The Balaban J connectivity index is 2.02. The van der Waals surface area contributed by atoms with Gasteiger partial charge in [-0.2, -0.15) is 0 Å². The van der Waals surface area contributed by atoms with E-state index in [2.05, 4.69) is 27.5 Å². The highest BCUT2D eigenvalue weighted by atomic mass is 32.1. The lowest BCUT2D eigenvalue weighted by molar-refractivity contribution is -0.116. The van der Waals surface area contributed by atoms with Crippen molar-refractivity contribution in [3.63, 3.8) is 0 Å². The summed E-state index contributed by atoms with van der Waals surface area (Å²) in [6.07, 6.45) is 0. The average Bonchev–Trinajstić information content (AvgIpc) is 2.81. The zero-order valence-corrected chi connectivity index (χ0v) is 12.7. The monoisotopic (exact) mass is 282 g/mol. The summed E-state index contributed by atoms with van der Waals surface area (Å²) >= 11 is 1.55. The highest BCUT2D eigenvalue weighted by Gasteiger charge is 2.20. The Hall–Kier alpha value is -0.980. The van der Waals surface area contributed by atoms with Crippen LogP contribution in [0.15, 0.2) is 5.38 Å². The zero-order valence-electron chi connectivity index (χ0n) is 11.8. The number of piperazine rings is 1. The van der Waals surface area contributed by atoms with Crippen LogP contribution >= 0.6 is 11.3 Å². The molecule has 0 unspecified atom stereocenters. The normalized spacial score (nSPS) is 20.5. The van der Waals surface area contributed by atoms with Gasteiger partial charge in [0.15, 0.2) is 5.13 Å². The van der Waals surface area contributed by atoms with Crippen LogP contribution in [0.5, 0.6) is 0 Å². The predicted octanol–water partition coefficient (Wildman–Crippen LogP) is 1.31. The van der Waals surface area contributed by atoms with Crippen molar-refractivity contribution >= 4 is 22.4 Å². The van der Waals surface area contributed by atoms with Crippen LogP contribution in [0, 0.1) is 0 Å². The van der Waals surface area contributed by atoms with E-state index in [-0.39, 0.29) is 5.91 Å². The van der Waals surface area contributed by atoms with Gasteiger partial charge in [-0.3, -0.25) is 14.6 Å². The van der Waals surface area contributed by atoms with Crippen molar-refractivity contribution < 1.29 is 4.79 Å². The molecule has 1 aliphatic heterocycles. The van der Waals surface area contributed by atoms with E-state index in [1.807, 2.05) is 6.92 Å². The van der Waals surface area contributed by atoms with E-state index < -0.39 is 0 Å². The third kappa shape index (κ3) is 3.52. The van der Waals surface area contributed by atoms with Gasteiger partial charge in [0.05, 0.1) is 5.69 Å². The highest BCUT2D eigenvalue weighted by Crippen LogP contribution is 2.22. The van der Waals surface area contributed by atoms with Crippen LogP contribution in [0.1, 0.15) is 26.5 Å². The Morgan fingerprint density at radius 1 is 1.68 bits per heavy atom. The summed E-state index contributed by atoms with van der Waals surface area (Å²) < 4.78 is 0. The molecule has 2 rings (SSSR count). The van der Waals surface area contributed by atoms with Gasteiger partial charge in [-0.05, 0) is 13.8 Å². The van der Waals surface area contributed by atoms with Crippen LogP contribution in [0.2, 0.25) is 0 Å². The first-order chi connectivity index (χ1) is 9.11. The molecule has 0 spiro atoms. The van der Waals surface area contributed by atoms with E-state index in [4.69, 9.17) is 0 Å². The van der Waals surface area contributed by atoms with Crippen LogP contribution in [0.3, 0.4) is 0 Å². The molecule has 1 saturated heterocycles. The Morgan fingerprint density at radius 3 is 3.11 bits per heavy atom. The van der Waals surface area contributed by atoms with Crippen LogP contribution < -0.4 is 10.2 Å². The SMILES string of the molecule is CCN(C(C)=O)c1nc(CN2CCNC[C@H]2C)cs1. The molecular weight excluding hydrogens is 260 g/mol. The predicted molar refractivity (Wildman–Crippen MR) is 78.6 cm³/mol. The molecule has 0 saturated carbocycles. The number of amides is 1. The lowest BCUT2D eigenvalue weighted by Crippen LogP contribution is -2.49. The molecule has 19 heavy (non-hydrogen) atoms. The minimum absolute atomic E-state index is 0.0546. The Labute approximate surface area is 118 Å². The molecule has 1 N–H and O–H groups in total. The standard InChI is InChI=1S/C13H22N4OS/c1-4-17(11(3)18)13-15-12(9-19-13)8-16-6-5-14-7-10(16)2/h9-10,14H,4-8H2,1-3H3/t10-/m1/s1. The van der Waals surface area contributed by atoms with Crippen molar-refractivity contribution in [2.24, 2.45) is 0 Å². The summed E-state index contributed by atoms with van der Waals surface area (Å²) in [4.78, 5) is 20.2. The molecule has 0 aliphatic carbocycles. The number of hydrogen-bond donors (Lipinski definition) is 1. The first-order valence-electron chi connectivity index (χ1n) is 6.79. The average molecular weight is 282 g/mol. The number of thiazole rings is 1. The zero-order chi connectivity index (χ0) is 13.8. The van der Waals surface area contributed by atoms with Crippen molar-refractivity contribution in [2.75, 3.05) is 31.1 Å². The van der Waals surface area contributed by atoms with Crippen molar-refractivity contribution in [3.8, 4) is 0 Å². The molecular formula is C13H22N4OS. The van der Waals surface area contributed by atoms with Crippen molar-refractivity contribution in [3.05, 3.63) is 11.1 Å². The summed E-state index contributed by atoms with van der Waals surface area (Å²) in [5, 5.41) is 6.26. The first kappa shape index (κ1) is 14.4. The Bertz CT molecular complexity index is 434. The van der Waals surface area contributed by atoms with Gasteiger partial charge in [0.25, 0.3) is 0 Å². The maximum atomic E-state index is 11.5. The topological polar surface area (TPSA) is 48.5 Å². The summed E-state index contributed by atoms with van der Waals surface area (Å²) in [6, 6.07) is 0.536. The fraction of sp³-hybridized carbons (Fsp3) is 0.692. The van der Waals surface area contributed by atoms with Gasteiger partial charge < -0.3 is 5.32 Å². The van der Waals surface area contributed by atoms with Gasteiger partial charge in [-0.1, -0.05) is 0 Å². The maximum absolute atomic E-state index is 11.5. The number of nitrogens with one attached hydrogen (secondary N) is 1. The number of nitrogens with zero attached hydrogens (tertiary/aromatic N) is 3. The highest BCUT2D eigenvalue weighted by molar-refractivity contribution is 7.14. The number of carbonyl (C=O) groups excluding carboxylic acids is 1. The van der Waals surface area contributed by atoms with Crippen LogP contribution in [-0.2, 0) is 11.3 Å². The summed E-state index contributed by atoms with van der Waals surface area (Å²) in [5.74, 6) is 0.0546. The van der Waals surface area contributed by atoms with E-state index in [1.165, 1.54) is 0 Å². The Kier molecular flexibility index (Phi) is 4.90. The fourth-order valence-corrected chi connectivity index (χ4v) is 3.24. The molecule has 1 aromatic heterocycles. The van der Waals surface area contributed by atoms with E-state index >= 15 is 0 Å². The van der Waals surface area contributed by atoms with Gasteiger partial charge in [0, 0.05) is 51.1 Å². The first-order valence-corrected chi connectivity index (χ1v) is 7.67. The molecule has 2 heterocycles. The van der Waals surface area contributed by atoms with Gasteiger partial charge in [-0.15, -0.1) is 11.3 Å². The number of rotatable bonds is 4. The third-order valence-electron chi connectivity index (χ3n) is 3.47. The minimum Gasteiger partial charge on any atom is -0.314 e. The molecule has 106 valence electrons. The number of hydrogen-bond acceptors (Lipinski definition) is 5. The maximum Gasteiger partial charge on any atom is 0.225 e. The number of anilines is 1. The van der Waals surface area contributed by atoms with E-state index in [1.54, 1.807) is 23.2 Å². The second-order valence-corrected chi connectivity index (χ2v) is 5.74. The second-order valence-electron chi connectivity index (χ2n) is 4.91. The van der Waals surface area contributed by atoms with E-state index in [0.29, 0.717) is 12.6 Å². The van der Waals surface area contributed by atoms with Crippen LogP contribution in [0.4, 0.5) is 5.13 Å². The van der Waals surface area contributed by atoms with E-state index in [9.17, 15) is 4.79 Å². The van der Waals surface area contributed by atoms with E-state index in [0.717, 1.165) is 37.0 Å². The molecule has 0 aromatic carbocycles. The summed E-state index contributed by atoms with van der Waals surface area (Å²) in [6.45, 7) is 10.5. The fourth-order valence-electron chi connectivity index (χ4n) is 2.31. The number of carbonyl (C=O) groups is 1. The van der Waals surface area contributed by atoms with Crippen molar-refractivity contribution in [2.45, 2.75) is 33.4 Å². The summed E-state index contributed by atoms with van der Waals surface area (Å²) in [7, 11) is 0. The van der Waals surface area contributed by atoms with Gasteiger partial charge in [-0.25, -0.2) is 4.98 Å². The smallest absolute Gasteiger partial charge is 0.225 e. The summed E-state index contributed by atoms with van der Waals surface area (Å²) in [5.41, 5.74) is 1.06. The minimum atomic E-state index is 0.0546. The quantitative estimate of drug-likeness (QED) is 0.904. The third-order valence-corrected chi connectivity index (χ3v) is 4.38. The molecule has 6 heteroatoms. The molecule has 0 bridgehead atoms.